The second kappa shape index (κ2) is 6.94. The van der Waals surface area contributed by atoms with E-state index in [0.29, 0.717) is 28.0 Å². The monoisotopic (exact) mass is 440 g/mol. The van der Waals surface area contributed by atoms with Gasteiger partial charge in [-0.1, -0.05) is 29.5 Å². The van der Waals surface area contributed by atoms with Crippen LogP contribution >= 0.6 is 11.3 Å². The van der Waals surface area contributed by atoms with Crippen LogP contribution in [0.25, 0.3) is 5.57 Å². The molecule has 1 saturated heterocycles. The van der Waals surface area contributed by atoms with Crippen LogP contribution in [0.15, 0.2) is 34.2 Å². The van der Waals surface area contributed by atoms with Gasteiger partial charge in [-0.25, -0.2) is 4.79 Å². The number of anilines is 1. The number of hydrogen-bond acceptors (Lipinski definition) is 6. The SMILES string of the molecule is CCN1C(=O)N(CC)C2C1NN=c1s/c(=C3\C(=O)N(C(C)C)c4ccccc43)c(=O)n12. The van der Waals surface area contributed by atoms with Crippen molar-refractivity contribution in [3.05, 3.63) is 49.5 Å². The van der Waals surface area contributed by atoms with Crippen molar-refractivity contribution < 1.29 is 9.59 Å². The first-order chi connectivity index (χ1) is 14.9. The molecule has 3 aliphatic rings. The first-order valence-corrected chi connectivity index (χ1v) is 11.3. The highest BCUT2D eigenvalue weighted by atomic mass is 32.1. The van der Waals surface area contributed by atoms with Gasteiger partial charge in [0.25, 0.3) is 11.5 Å². The summed E-state index contributed by atoms with van der Waals surface area (Å²) in [6.45, 7) is 8.68. The summed E-state index contributed by atoms with van der Waals surface area (Å²) in [4.78, 5) is 45.5. The molecular weight excluding hydrogens is 416 g/mol. The number of carbonyl (C=O) groups is 2. The van der Waals surface area contributed by atoms with Gasteiger partial charge in [0, 0.05) is 24.7 Å². The quantitative estimate of drug-likeness (QED) is 0.757. The number of hydrogen-bond donors (Lipinski definition) is 1. The van der Waals surface area contributed by atoms with Gasteiger partial charge in [0.1, 0.15) is 4.53 Å². The van der Waals surface area contributed by atoms with E-state index < -0.39 is 12.3 Å². The molecule has 5 rings (SSSR count). The molecule has 4 heterocycles. The van der Waals surface area contributed by atoms with Gasteiger partial charge in [-0.3, -0.25) is 29.4 Å². The molecule has 1 fully saturated rings. The predicted octanol–water partition coefficient (Wildman–Crippen LogP) is 0.604. The Kier molecular flexibility index (Phi) is 4.44. The van der Waals surface area contributed by atoms with E-state index >= 15 is 0 Å². The number of amides is 3. The van der Waals surface area contributed by atoms with Gasteiger partial charge in [0.15, 0.2) is 12.3 Å². The number of benzene rings is 1. The number of para-hydroxylation sites is 1. The Labute approximate surface area is 182 Å². The van der Waals surface area contributed by atoms with Crippen LogP contribution in [0.5, 0.6) is 0 Å². The van der Waals surface area contributed by atoms with Gasteiger partial charge >= 0.3 is 6.03 Å². The van der Waals surface area contributed by atoms with Crippen molar-refractivity contribution >= 4 is 34.5 Å². The molecule has 0 saturated carbocycles. The summed E-state index contributed by atoms with van der Waals surface area (Å²) in [7, 11) is 0. The van der Waals surface area contributed by atoms with Crippen LogP contribution in [0.4, 0.5) is 10.5 Å². The minimum absolute atomic E-state index is 0.0413. The van der Waals surface area contributed by atoms with Gasteiger partial charge in [-0.2, -0.15) is 0 Å². The molecule has 162 valence electrons. The maximum atomic E-state index is 13.7. The topological polar surface area (TPSA) is 90.2 Å². The molecule has 1 aromatic carbocycles. The first kappa shape index (κ1) is 19.8. The number of fused-ring (bicyclic) bond motifs is 4. The van der Waals surface area contributed by atoms with Gasteiger partial charge in [-0.15, -0.1) is 5.10 Å². The fourth-order valence-electron chi connectivity index (χ4n) is 4.74. The molecule has 3 aliphatic heterocycles. The average Bonchev–Trinajstić information content (AvgIpc) is 3.33. The predicted molar refractivity (Wildman–Crippen MR) is 117 cm³/mol. The molecule has 9 nitrogen and oxygen atoms in total. The smallest absolute Gasteiger partial charge is 0.305 e. The molecule has 0 spiro atoms. The van der Waals surface area contributed by atoms with E-state index in [0.717, 1.165) is 11.3 Å². The largest absolute Gasteiger partial charge is 0.323 e. The molecule has 0 radical (unpaired) electrons. The molecule has 3 amide bonds. The highest BCUT2D eigenvalue weighted by molar-refractivity contribution is 7.07. The highest BCUT2D eigenvalue weighted by Gasteiger charge is 2.48. The summed E-state index contributed by atoms with van der Waals surface area (Å²) in [6.07, 6.45) is -0.926. The highest BCUT2D eigenvalue weighted by Crippen LogP contribution is 2.36. The zero-order chi connectivity index (χ0) is 22.0. The maximum Gasteiger partial charge on any atom is 0.323 e. The molecule has 2 atom stereocenters. The van der Waals surface area contributed by atoms with Crippen LogP contribution in [0.1, 0.15) is 39.4 Å². The minimum atomic E-state index is -0.504. The standard InChI is InChI=1S/C21H24N6O3S/c1-5-24-16-17(25(6-2)21(24)30)27-19(29)15(31-20(27)23-22-16)14-12-9-7-8-10-13(12)26(11(3)4)18(14)28/h7-11,16-17,22H,5-6H2,1-4H3/b15-14-. The third-order valence-electron chi connectivity index (χ3n) is 6.09. The molecule has 2 unspecified atom stereocenters. The molecule has 0 bridgehead atoms. The van der Waals surface area contributed by atoms with Gasteiger partial charge in [-0.05, 0) is 33.8 Å². The molecular formula is C21H24N6O3S. The number of nitrogens with zero attached hydrogens (tertiary/aromatic N) is 5. The number of aromatic nitrogens is 1. The van der Waals surface area contributed by atoms with E-state index in [-0.39, 0.29) is 23.5 Å². The normalized spacial score (nSPS) is 23.7. The fraction of sp³-hybridized carbons (Fsp3) is 0.429. The van der Waals surface area contributed by atoms with E-state index in [1.54, 1.807) is 19.3 Å². The average molecular weight is 441 g/mol. The van der Waals surface area contributed by atoms with E-state index in [9.17, 15) is 14.4 Å². The van der Waals surface area contributed by atoms with Crippen molar-refractivity contribution in [2.24, 2.45) is 5.10 Å². The third-order valence-corrected chi connectivity index (χ3v) is 7.14. The van der Waals surface area contributed by atoms with Crippen LogP contribution in [0.2, 0.25) is 0 Å². The van der Waals surface area contributed by atoms with Crippen molar-refractivity contribution in [2.45, 2.75) is 46.1 Å². The van der Waals surface area contributed by atoms with Crippen molar-refractivity contribution in [3.8, 4) is 0 Å². The van der Waals surface area contributed by atoms with Gasteiger partial charge in [0.2, 0.25) is 4.80 Å². The van der Waals surface area contributed by atoms with Crippen LogP contribution in [0, 0.1) is 0 Å². The molecule has 31 heavy (non-hydrogen) atoms. The lowest BCUT2D eigenvalue weighted by molar-refractivity contribution is -0.113. The van der Waals surface area contributed by atoms with Crippen LogP contribution in [-0.2, 0) is 4.79 Å². The fourth-order valence-corrected chi connectivity index (χ4v) is 5.80. The van der Waals surface area contributed by atoms with Gasteiger partial charge < -0.3 is 4.90 Å². The Morgan fingerprint density at radius 3 is 2.48 bits per heavy atom. The number of rotatable bonds is 3. The summed E-state index contributed by atoms with van der Waals surface area (Å²) in [5.41, 5.74) is 4.75. The van der Waals surface area contributed by atoms with E-state index in [1.165, 1.54) is 11.3 Å². The van der Waals surface area contributed by atoms with E-state index in [1.807, 2.05) is 52.0 Å². The number of urea groups is 1. The first-order valence-electron chi connectivity index (χ1n) is 10.5. The Hall–Kier alpha value is -3.14. The zero-order valence-electron chi connectivity index (χ0n) is 17.8. The molecule has 0 aliphatic carbocycles. The van der Waals surface area contributed by atoms with Crippen molar-refractivity contribution in [2.75, 3.05) is 18.0 Å². The van der Waals surface area contributed by atoms with Crippen molar-refractivity contribution in [3.63, 3.8) is 0 Å². The molecule has 1 aromatic heterocycles. The second-order valence-electron chi connectivity index (χ2n) is 8.00. The lowest BCUT2D eigenvalue weighted by Gasteiger charge is -2.29. The number of likely N-dealkylation sites (N-methyl/N-ethyl adjacent to an activating group) is 2. The second-order valence-corrected chi connectivity index (χ2v) is 8.98. The summed E-state index contributed by atoms with van der Waals surface area (Å²) in [6, 6.07) is 7.37. The summed E-state index contributed by atoms with van der Waals surface area (Å²) < 4.78 is 1.93. The van der Waals surface area contributed by atoms with Crippen molar-refractivity contribution in [1.29, 1.82) is 0 Å². The molecule has 2 aromatic rings. The Morgan fingerprint density at radius 2 is 1.81 bits per heavy atom. The van der Waals surface area contributed by atoms with Gasteiger partial charge in [0.05, 0.1) is 11.3 Å². The summed E-state index contributed by atoms with van der Waals surface area (Å²) in [5, 5.41) is 4.40. The number of carbonyl (C=O) groups excluding carboxylic acids is 2. The molecule has 10 heteroatoms. The zero-order valence-corrected chi connectivity index (χ0v) is 18.6. The van der Waals surface area contributed by atoms with E-state index in [2.05, 4.69) is 10.5 Å². The number of thiazole rings is 1. The Bertz CT molecular complexity index is 1280. The van der Waals surface area contributed by atoms with Crippen LogP contribution in [-0.4, -0.2) is 51.6 Å². The summed E-state index contributed by atoms with van der Waals surface area (Å²) in [5.74, 6) is -0.179. The molecule has 1 N–H and O–H groups in total. The summed E-state index contributed by atoms with van der Waals surface area (Å²) >= 11 is 1.19. The lowest BCUT2D eigenvalue weighted by atomic mass is 10.1. The van der Waals surface area contributed by atoms with Crippen LogP contribution in [0.3, 0.4) is 0 Å². The third kappa shape index (κ3) is 2.54. The Morgan fingerprint density at radius 1 is 1.10 bits per heavy atom. The Balaban J connectivity index is 1.78. The van der Waals surface area contributed by atoms with Crippen molar-refractivity contribution in [1.82, 2.24) is 19.8 Å². The number of nitrogens with one attached hydrogen (secondary N) is 1. The lowest BCUT2D eigenvalue weighted by Crippen LogP contribution is -2.53. The van der Waals surface area contributed by atoms with E-state index in [4.69, 9.17) is 0 Å². The maximum absolute atomic E-state index is 13.7. The van der Waals surface area contributed by atoms with Crippen LogP contribution < -0.4 is 25.2 Å². The minimum Gasteiger partial charge on any atom is -0.305 e.